The second kappa shape index (κ2) is 7.56. The van der Waals surface area contributed by atoms with Crippen molar-refractivity contribution in [1.29, 1.82) is 0 Å². The smallest absolute Gasteiger partial charge is 0.250 e. The van der Waals surface area contributed by atoms with E-state index in [1.54, 1.807) is 6.92 Å². The molecular formula is C10H20F2N2O. The monoisotopic (exact) mass is 222 g/mol. The molecular weight excluding hydrogens is 202 g/mol. The summed E-state index contributed by atoms with van der Waals surface area (Å²) >= 11 is 0. The van der Waals surface area contributed by atoms with Crippen molar-refractivity contribution in [2.75, 3.05) is 6.54 Å². The molecule has 0 aliphatic rings. The third-order valence-electron chi connectivity index (χ3n) is 2.30. The quantitative estimate of drug-likeness (QED) is 0.686. The highest BCUT2D eigenvalue weighted by molar-refractivity contribution is 5.81. The third kappa shape index (κ3) is 6.38. The zero-order valence-electron chi connectivity index (χ0n) is 9.52. The fourth-order valence-electron chi connectivity index (χ4n) is 1.18. The summed E-state index contributed by atoms with van der Waals surface area (Å²) in [7, 11) is 0. The highest BCUT2D eigenvalue weighted by Crippen LogP contribution is 1.97. The molecule has 0 aliphatic heterocycles. The first-order chi connectivity index (χ1) is 7.01. The second-order valence-electron chi connectivity index (χ2n) is 3.54. The maximum atomic E-state index is 11.9. The van der Waals surface area contributed by atoms with Gasteiger partial charge in [0.2, 0.25) is 5.91 Å². The molecule has 1 amide bonds. The van der Waals surface area contributed by atoms with Gasteiger partial charge in [0, 0.05) is 6.04 Å². The Morgan fingerprint density at radius 1 is 1.27 bits per heavy atom. The minimum atomic E-state index is -2.42. The Morgan fingerprint density at radius 2 is 1.80 bits per heavy atom. The van der Waals surface area contributed by atoms with Crippen molar-refractivity contribution in [2.45, 2.75) is 52.1 Å². The van der Waals surface area contributed by atoms with Gasteiger partial charge >= 0.3 is 0 Å². The van der Waals surface area contributed by atoms with Crippen LogP contribution in [-0.2, 0) is 4.79 Å². The van der Waals surface area contributed by atoms with Gasteiger partial charge < -0.3 is 10.6 Å². The number of carbonyl (C=O) groups is 1. The largest absolute Gasteiger partial charge is 0.352 e. The fourth-order valence-corrected chi connectivity index (χ4v) is 1.18. The number of hydrogen-bond donors (Lipinski definition) is 2. The first kappa shape index (κ1) is 14.3. The van der Waals surface area contributed by atoms with E-state index in [9.17, 15) is 13.6 Å². The molecule has 0 bridgehead atoms. The van der Waals surface area contributed by atoms with Crippen LogP contribution in [0.1, 0.15) is 33.6 Å². The molecule has 1 atom stereocenters. The normalized spacial score (nSPS) is 13.3. The molecule has 0 aliphatic carbocycles. The molecule has 0 heterocycles. The van der Waals surface area contributed by atoms with Gasteiger partial charge in [-0.15, -0.1) is 0 Å². The molecule has 0 aromatic carbocycles. The first-order valence-electron chi connectivity index (χ1n) is 5.33. The summed E-state index contributed by atoms with van der Waals surface area (Å²) in [5.41, 5.74) is 0. The van der Waals surface area contributed by atoms with Crippen LogP contribution < -0.4 is 10.6 Å². The van der Waals surface area contributed by atoms with Gasteiger partial charge in [-0.2, -0.15) is 0 Å². The van der Waals surface area contributed by atoms with Gasteiger partial charge in [0.1, 0.15) is 0 Å². The van der Waals surface area contributed by atoms with Crippen LogP contribution in [0.2, 0.25) is 0 Å². The maximum Gasteiger partial charge on any atom is 0.250 e. The van der Waals surface area contributed by atoms with Gasteiger partial charge in [0.15, 0.2) is 0 Å². The summed E-state index contributed by atoms with van der Waals surface area (Å²) in [4.78, 5) is 11.5. The average Bonchev–Trinajstić information content (AvgIpc) is 2.21. The highest BCUT2D eigenvalue weighted by Gasteiger charge is 2.16. The molecule has 0 aromatic heterocycles. The first-order valence-corrected chi connectivity index (χ1v) is 5.33. The minimum Gasteiger partial charge on any atom is -0.352 e. The summed E-state index contributed by atoms with van der Waals surface area (Å²) < 4.78 is 23.7. The van der Waals surface area contributed by atoms with Crippen LogP contribution in [0.3, 0.4) is 0 Å². The molecule has 3 nitrogen and oxygen atoms in total. The van der Waals surface area contributed by atoms with E-state index in [0.717, 1.165) is 12.8 Å². The zero-order chi connectivity index (χ0) is 11.8. The van der Waals surface area contributed by atoms with Crippen LogP contribution in [0, 0.1) is 0 Å². The number of halogens is 2. The lowest BCUT2D eigenvalue weighted by molar-refractivity contribution is -0.123. The molecule has 2 N–H and O–H groups in total. The number of alkyl halides is 2. The molecule has 1 unspecified atom stereocenters. The predicted octanol–water partition coefficient (Wildman–Crippen LogP) is 1.53. The molecule has 0 aromatic rings. The van der Waals surface area contributed by atoms with Crippen LogP contribution in [0.4, 0.5) is 8.78 Å². The lowest BCUT2D eigenvalue weighted by atomic mass is 10.1. The Balaban J connectivity index is 3.87. The zero-order valence-corrected chi connectivity index (χ0v) is 9.52. The Morgan fingerprint density at radius 3 is 2.20 bits per heavy atom. The standard InChI is InChI=1S/C10H20F2N2O/c1-4-8(5-2)14-10(15)7(3)13-6-9(11)12/h7-9,13H,4-6H2,1-3H3,(H,14,15). The van der Waals surface area contributed by atoms with Crippen LogP contribution in [0.5, 0.6) is 0 Å². The predicted molar refractivity (Wildman–Crippen MR) is 56.0 cm³/mol. The molecule has 0 spiro atoms. The number of carbonyl (C=O) groups excluding carboxylic acids is 1. The van der Waals surface area contributed by atoms with E-state index in [1.807, 2.05) is 13.8 Å². The van der Waals surface area contributed by atoms with E-state index in [0.29, 0.717) is 0 Å². The summed E-state index contributed by atoms with van der Waals surface area (Å²) in [5, 5.41) is 5.27. The van der Waals surface area contributed by atoms with E-state index in [4.69, 9.17) is 0 Å². The lowest BCUT2D eigenvalue weighted by Crippen LogP contribution is -2.47. The topological polar surface area (TPSA) is 41.1 Å². The number of rotatable bonds is 7. The van der Waals surface area contributed by atoms with Crippen LogP contribution >= 0.6 is 0 Å². The molecule has 0 rings (SSSR count). The van der Waals surface area contributed by atoms with Crippen molar-refractivity contribution < 1.29 is 13.6 Å². The van der Waals surface area contributed by atoms with Crippen molar-refractivity contribution in [1.82, 2.24) is 10.6 Å². The summed E-state index contributed by atoms with van der Waals surface area (Å²) in [5.74, 6) is -0.218. The van der Waals surface area contributed by atoms with Crippen molar-refractivity contribution in [3.05, 3.63) is 0 Å². The number of hydrogen-bond acceptors (Lipinski definition) is 2. The maximum absolute atomic E-state index is 11.9. The van der Waals surface area contributed by atoms with E-state index in [-0.39, 0.29) is 11.9 Å². The Kier molecular flexibility index (Phi) is 7.21. The van der Waals surface area contributed by atoms with Gasteiger partial charge in [-0.05, 0) is 19.8 Å². The van der Waals surface area contributed by atoms with Gasteiger partial charge in [0.05, 0.1) is 12.6 Å². The van der Waals surface area contributed by atoms with Crippen molar-refractivity contribution in [3.8, 4) is 0 Å². The van der Waals surface area contributed by atoms with Gasteiger partial charge in [-0.1, -0.05) is 13.8 Å². The third-order valence-corrected chi connectivity index (χ3v) is 2.30. The molecule has 90 valence electrons. The Labute approximate surface area is 89.6 Å². The van der Waals surface area contributed by atoms with Gasteiger partial charge in [0.25, 0.3) is 6.43 Å². The van der Waals surface area contributed by atoms with Crippen molar-refractivity contribution >= 4 is 5.91 Å². The van der Waals surface area contributed by atoms with Crippen LogP contribution in [-0.4, -0.2) is 31.0 Å². The van der Waals surface area contributed by atoms with E-state index in [2.05, 4.69) is 10.6 Å². The number of nitrogens with one attached hydrogen (secondary N) is 2. The summed E-state index contributed by atoms with van der Waals surface area (Å²) in [6.07, 6.45) is -0.721. The SMILES string of the molecule is CCC(CC)NC(=O)C(C)NCC(F)F. The average molecular weight is 222 g/mol. The van der Waals surface area contributed by atoms with Crippen molar-refractivity contribution in [2.24, 2.45) is 0 Å². The van der Waals surface area contributed by atoms with E-state index in [1.165, 1.54) is 0 Å². The highest BCUT2D eigenvalue weighted by atomic mass is 19.3. The molecule has 0 saturated heterocycles. The van der Waals surface area contributed by atoms with Gasteiger partial charge in [-0.25, -0.2) is 8.78 Å². The van der Waals surface area contributed by atoms with Crippen molar-refractivity contribution in [3.63, 3.8) is 0 Å². The van der Waals surface area contributed by atoms with Gasteiger partial charge in [-0.3, -0.25) is 4.79 Å². The summed E-state index contributed by atoms with van der Waals surface area (Å²) in [6, 6.07) is -0.437. The molecule has 15 heavy (non-hydrogen) atoms. The van der Waals surface area contributed by atoms with Crippen LogP contribution in [0.15, 0.2) is 0 Å². The number of amides is 1. The fraction of sp³-hybridized carbons (Fsp3) is 0.900. The van der Waals surface area contributed by atoms with E-state index < -0.39 is 19.0 Å². The molecule has 0 fully saturated rings. The Hall–Kier alpha value is -0.710. The summed E-state index contributed by atoms with van der Waals surface area (Å²) in [6.45, 7) is 5.09. The molecule has 5 heteroatoms. The Bertz CT molecular complexity index is 184. The molecule has 0 radical (unpaired) electrons. The minimum absolute atomic E-state index is 0.133. The second-order valence-corrected chi connectivity index (χ2v) is 3.54. The van der Waals surface area contributed by atoms with E-state index >= 15 is 0 Å². The molecule has 0 saturated carbocycles. The van der Waals surface area contributed by atoms with Crippen LogP contribution in [0.25, 0.3) is 0 Å². The lowest BCUT2D eigenvalue weighted by Gasteiger charge is -2.19.